The minimum atomic E-state index is -0.216. The van der Waals surface area contributed by atoms with Crippen LogP contribution in [0.1, 0.15) is 20.8 Å². The lowest BCUT2D eigenvalue weighted by molar-refractivity contribution is -0.250. The van der Waals surface area contributed by atoms with Gasteiger partial charge in [0, 0.05) is 5.92 Å². The molecule has 5 atom stereocenters. The third-order valence-electron chi connectivity index (χ3n) is 3.54. The Labute approximate surface area is 92.1 Å². The molecule has 0 aliphatic carbocycles. The predicted octanol–water partition coefficient (Wildman–Crippen LogP) is 1.81. The van der Waals surface area contributed by atoms with E-state index in [9.17, 15) is 5.11 Å². The van der Waals surface area contributed by atoms with Crippen molar-refractivity contribution in [1.29, 1.82) is 0 Å². The molecule has 1 rings (SSSR count). The fraction of sp³-hybridized carbons (Fsp3) is 0.833. The summed E-state index contributed by atoms with van der Waals surface area (Å²) in [6, 6.07) is 0. The number of hydrogen-bond acceptors (Lipinski definition) is 3. The lowest BCUT2D eigenvalue weighted by atomic mass is 9.79. The molecular formula is C12H22O3. The van der Waals surface area contributed by atoms with Crippen LogP contribution in [0.2, 0.25) is 0 Å². The minimum Gasteiger partial charge on any atom is -0.394 e. The Morgan fingerprint density at radius 1 is 1.27 bits per heavy atom. The first-order chi connectivity index (χ1) is 7.11. The molecule has 0 spiro atoms. The maximum Gasteiger partial charge on any atom is 0.161 e. The third-order valence-corrected chi connectivity index (χ3v) is 3.54. The van der Waals surface area contributed by atoms with Gasteiger partial charge in [0.05, 0.1) is 19.3 Å². The molecular weight excluding hydrogens is 192 g/mol. The quantitative estimate of drug-likeness (QED) is 0.725. The second-order valence-corrected chi connectivity index (χ2v) is 4.42. The van der Waals surface area contributed by atoms with Crippen molar-refractivity contribution in [3.63, 3.8) is 0 Å². The summed E-state index contributed by atoms with van der Waals surface area (Å²) in [6.07, 6.45) is 1.39. The van der Waals surface area contributed by atoms with Crippen molar-refractivity contribution in [2.24, 2.45) is 17.8 Å². The molecule has 88 valence electrons. The molecule has 0 saturated carbocycles. The van der Waals surface area contributed by atoms with Crippen molar-refractivity contribution in [2.75, 3.05) is 13.2 Å². The highest BCUT2D eigenvalue weighted by atomic mass is 16.7. The average molecular weight is 214 g/mol. The summed E-state index contributed by atoms with van der Waals surface area (Å²) >= 11 is 0. The molecule has 1 fully saturated rings. The second-order valence-electron chi connectivity index (χ2n) is 4.42. The van der Waals surface area contributed by atoms with Crippen LogP contribution in [0.15, 0.2) is 12.7 Å². The van der Waals surface area contributed by atoms with E-state index in [0.717, 1.165) is 0 Å². The Morgan fingerprint density at radius 3 is 2.47 bits per heavy atom. The van der Waals surface area contributed by atoms with Crippen LogP contribution in [-0.2, 0) is 9.47 Å². The van der Waals surface area contributed by atoms with Gasteiger partial charge in [0.15, 0.2) is 6.29 Å². The Bertz CT molecular complexity index is 203. The summed E-state index contributed by atoms with van der Waals surface area (Å²) in [5.74, 6) is 1.21. The summed E-state index contributed by atoms with van der Waals surface area (Å²) in [4.78, 5) is 0. The zero-order chi connectivity index (χ0) is 11.4. The SMILES string of the molecule is C=CCOC1OC(CO)[C@@H](C)[C@H](C)[C@H]1C. The molecule has 3 heteroatoms. The van der Waals surface area contributed by atoms with Crippen LogP contribution in [0.3, 0.4) is 0 Å². The van der Waals surface area contributed by atoms with Crippen LogP contribution >= 0.6 is 0 Å². The second kappa shape index (κ2) is 5.64. The molecule has 0 bridgehead atoms. The fourth-order valence-electron chi connectivity index (χ4n) is 2.05. The summed E-state index contributed by atoms with van der Waals surface area (Å²) in [6.45, 7) is 10.6. The number of ether oxygens (including phenoxy) is 2. The smallest absolute Gasteiger partial charge is 0.161 e. The summed E-state index contributed by atoms with van der Waals surface area (Å²) in [5.41, 5.74) is 0. The molecule has 1 aliphatic heterocycles. The Balaban J connectivity index is 2.60. The first-order valence-corrected chi connectivity index (χ1v) is 5.60. The minimum absolute atomic E-state index is 0.0617. The van der Waals surface area contributed by atoms with Gasteiger partial charge in [-0.2, -0.15) is 0 Å². The number of rotatable bonds is 4. The zero-order valence-corrected chi connectivity index (χ0v) is 9.85. The standard InChI is InChI=1S/C12H22O3/c1-5-6-14-12-10(4)8(2)9(3)11(7-13)15-12/h5,8-13H,1,6-7H2,2-4H3/t8-,9-,10+,11?,12?/m0/s1. The largest absolute Gasteiger partial charge is 0.394 e. The zero-order valence-electron chi connectivity index (χ0n) is 9.85. The van der Waals surface area contributed by atoms with Gasteiger partial charge in [0.2, 0.25) is 0 Å². The molecule has 2 unspecified atom stereocenters. The Hall–Kier alpha value is -0.380. The molecule has 0 radical (unpaired) electrons. The van der Waals surface area contributed by atoms with E-state index < -0.39 is 0 Å². The maximum atomic E-state index is 9.21. The van der Waals surface area contributed by atoms with Crippen LogP contribution in [0.5, 0.6) is 0 Å². The number of aliphatic hydroxyl groups excluding tert-OH is 1. The highest BCUT2D eigenvalue weighted by Crippen LogP contribution is 2.35. The van der Waals surface area contributed by atoms with Crippen LogP contribution in [0.4, 0.5) is 0 Å². The molecule has 1 heterocycles. The van der Waals surface area contributed by atoms with E-state index in [1.807, 2.05) is 0 Å². The molecule has 1 N–H and O–H groups in total. The van der Waals surface area contributed by atoms with Gasteiger partial charge in [-0.05, 0) is 11.8 Å². The van der Waals surface area contributed by atoms with Crippen molar-refractivity contribution >= 4 is 0 Å². The molecule has 1 saturated heterocycles. The topological polar surface area (TPSA) is 38.7 Å². The first-order valence-electron chi connectivity index (χ1n) is 5.60. The number of hydrogen-bond donors (Lipinski definition) is 1. The van der Waals surface area contributed by atoms with E-state index in [1.165, 1.54) is 0 Å². The van der Waals surface area contributed by atoms with Gasteiger partial charge in [0.1, 0.15) is 0 Å². The molecule has 0 aromatic heterocycles. The third kappa shape index (κ3) is 2.80. The molecule has 0 aromatic carbocycles. The van der Waals surface area contributed by atoms with Gasteiger partial charge in [-0.3, -0.25) is 0 Å². The average Bonchev–Trinajstić information content (AvgIpc) is 2.25. The van der Waals surface area contributed by atoms with Crippen LogP contribution in [0.25, 0.3) is 0 Å². The fourth-order valence-corrected chi connectivity index (χ4v) is 2.05. The van der Waals surface area contributed by atoms with Crippen molar-refractivity contribution in [3.05, 3.63) is 12.7 Å². The van der Waals surface area contributed by atoms with Gasteiger partial charge >= 0.3 is 0 Å². The highest BCUT2D eigenvalue weighted by Gasteiger charge is 2.38. The first kappa shape index (κ1) is 12.7. The Morgan fingerprint density at radius 2 is 1.93 bits per heavy atom. The van der Waals surface area contributed by atoms with Crippen LogP contribution in [-0.4, -0.2) is 30.7 Å². The van der Waals surface area contributed by atoms with Gasteiger partial charge in [-0.25, -0.2) is 0 Å². The lowest BCUT2D eigenvalue weighted by Gasteiger charge is -2.42. The highest BCUT2D eigenvalue weighted by molar-refractivity contribution is 4.82. The molecule has 1 aliphatic rings. The van der Waals surface area contributed by atoms with Crippen LogP contribution < -0.4 is 0 Å². The normalized spacial score (nSPS) is 41.5. The summed E-state index contributed by atoms with van der Waals surface area (Å²) < 4.78 is 11.3. The maximum absolute atomic E-state index is 9.21. The monoisotopic (exact) mass is 214 g/mol. The van der Waals surface area contributed by atoms with E-state index in [0.29, 0.717) is 24.4 Å². The predicted molar refractivity (Wildman–Crippen MR) is 59.4 cm³/mol. The summed E-state index contributed by atoms with van der Waals surface area (Å²) in [5, 5.41) is 9.21. The van der Waals surface area contributed by atoms with E-state index in [1.54, 1.807) is 6.08 Å². The van der Waals surface area contributed by atoms with Crippen molar-refractivity contribution < 1.29 is 14.6 Å². The van der Waals surface area contributed by atoms with E-state index >= 15 is 0 Å². The van der Waals surface area contributed by atoms with E-state index in [4.69, 9.17) is 9.47 Å². The van der Waals surface area contributed by atoms with Gasteiger partial charge in [-0.15, -0.1) is 6.58 Å². The molecule has 15 heavy (non-hydrogen) atoms. The Kier molecular flexibility index (Phi) is 4.77. The van der Waals surface area contributed by atoms with E-state index in [-0.39, 0.29) is 19.0 Å². The van der Waals surface area contributed by atoms with Gasteiger partial charge in [-0.1, -0.05) is 26.8 Å². The van der Waals surface area contributed by atoms with E-state index in [2.05, 4.69) is 27.4 Å². The molecule has 0 aromatic rings. The molecule has 0 amide bonds. The molecule has 3 nitrogen and oxygen atoms in total. The lowest BCUT2D eigenvalue weighted by Crippen LogP contribution is -2.47. The van der Waals surface area contributed by atoms with Crippen molar-refractivity contribution in [3.8, 4) is 0 Å². The summed E-state index contributed by atoms with van der Waals surface area (Å²) in [7, 11) is 0. The van der Waals surface area contributed by atoms with Crippen molar-refractivity contribution in [2.45, 2.75) is 33.2 Å². The van der Waals surface area contributed by atoms with Crippen molar-refractivity contribution in [1.82, 2.24) is 0 Å². The van der Waals surface area contributed by atoms with Gasteiger partial charge < -0.3 is 14.6 Å². The van der Waals surface area contributed by atoms with Gasteiger partial charge in [0.25, 0.3) is 0 Å². The number of aliphatic hydroxyl groups is 1. The van der Waals surface area contributed by atoms with Crippen LogP contribution in [0, 0.1) is 17.8 Å².